The van der Waals surface area contributed by atoms with E-state index < -0.39 is 0 Å². The second kappa shape index (κ2) is 4.86. The van der Waals surface area contributed by atoms with E-state index in [-0.39, 0.29) is 5.54 Å². The van der Waals surface area contributed by atoms with Crippen molar-refractivity contribution in [2.24, 2.45) is 5.73 Å². The lowest BCUT2D eigenvalue weighted by Gasteiger charge is -2.27. The highest BCUT2D eigenvalue weighted by atomic mass is 79.9. The Balaban J connectivity index is 2.49. The van der Waals surface area contributed by atoms with Crippen molar-refractivity contribution in [2.45, 2.75) is 31.2 Å². The van der Waals surface area contributed by atoms with Crippen molar-refractivity contribution < 1.29 is 9.47 Å². The van der Waals surface area contributed by atoms with E-state index in [9.17, 15) is 0 Å². The molecule has 1 aromatic rings. The van der Waals surface area contributed by atoms with Gasteiger partial charge in [-0.25, -0.2) is 0 Å². The van der Waals surface area contributed by atoms with E-state index in [0.29, 0.717) is 0 Å². The minimum Gasteiger partial charge on any atom is -0.496 e. The van der Waals surface area contributed by atoms with Crippen LogP contribution in [0.4, 0.5) is 0 Å². The maximum absolute atomic E-state index is 6.48. The molecule has 2 N–H and O–H groups in total. The minimum absolute atomic E-state index is 0.250. The molecule has 1 aromatic carbocycles. The summed E-state index contributed by atoms with van der Waals surface area (Å²) in [6, 6.07) is 3.93. The highest BCUT2D eigenvalue weighted by Gasteiger charge is 2.34. The Morgan fingerprint density at radius 2 is 1.71 bits per heavy atom. The second-order valence-electron chi connectivity index (χ2n) is 4.55. The predicted molar refractivity (Wildman–Crippen MR) is 71.6 cm³/mol. The molecule has 0 spiro atoms. The van der Waals surface area contributed by atoms with Crippen molar-refractivity contribution in [3.05, 3.63) is 22.2 Å². The molecule has 1 aliphatic carbocycles. The van der Waals surface area contributed by atoms with Gasteiger partial charge in [0.25, 0.3) is 0 Å². The molecular formula is C13H18BrNO2. The average Bonchev–Trinajstić information content (AvgIpc) is 2.77. The van der Waals surface area contributed by atoms with Gasteiger partial charge in [0, 0.05) is 17.2 Å². The zero-order valence-electron chi connectivity index (χ0n) is 10.3. The van der Waals surface area contributed by atoms with Crippen molar-refractivity contribution in [3.63, 3.8) is 0 Å². The molecule has 0 saturated heterocycles. The number of methoxy groups -OCH3 is 2. The lowest BCUT2D eigenvalue weighted by atomic mass is 9.88. The monoisotopic (exact) mass is 299 g/mol. The number of hydrogen-bond donors (Lipinski definition) is 1. The van der Waals surface area contributed by atoms with Gasteiger partial charge in [-0.3, -0.25) is 0 Å². The van der Waals surface area contributed by atoms with Crippen molar-refractivity contribution in [2.75, 3.05) is 14.2 Å². The van der Waals surface area contributed by atoms with E-state index in [1.165, 1.54) is 12.8 Å². The van der Waals surface area contributed by atoms with Crippen molar-refractivity contribution in [1.82, 2.24) is 0 Å². The standard InChI is InChI=1S/C13H18BrNO2/c1-16-11-8-12(17-2)10(14)7-9(11)13(15)5-3-4-6-13/h7-8H,3-6,15H2,1-2H3. The van der Waals surface area contributed by atoms with E-state index in [4.69, 9.17) is 15.2 Å². The Morgan fingerprint density at radius 1 is 1.12 bits per heavy atom. The molecule has 0 heterocycles. The maximum Gasteiger partial charge on any atom is 0.136 e. The van der Waals surface area contributed by atoms with Crippen molar-refractivity contribution in [3.8, 4) is 11.5 Å². The molecule has 94 valence electrons. The molecule has 1 fully saturated rings. The van der Waals surface area contributed by atoms with Crippen LogP contribution in [-0.2, 0) is 5.54 Å². The third kappa shape index (κ3) is 2.29. The SMILES string of the molecule is COc1cc(OC)c(C2(N)CCCC2)cc1Br. The quantitative estimate of drug-likeness (QED) is 0.932. The van der Waals surface area contributed by atoms with E-state index in [2.05, 4.69) is 15.9 Å². The first-order valence-electron chi connectivity index (χ1n) is 5.81. The third-order valence-corrected chi connectivity index (χ3v) is 4.13. The highest BCUT2D eigenvalue weighted by molar-refractivity contribution is 9.10. The lowest BCUT2D eigenvalue weighted by Crippen LogP contribution is -2.33. The number of ether oxygens (including phenoxy) is 2. The number of hydrogen-bond acceptors (Lipinski definition) is 3. The molecule has 17 heavy (non-hydrogen) atoms. The smallest absolute Gasteiger partial charge is 0.136 e. The van der Waals surface area contributed by atoms with Crippen LogP contribution in [0.5, 0.6) is 11.5 Å². The molecule has 0 bridgehead atoms. The summed E-state index contributed by atoms with van der Waals surface area (Å²) in [5.41, 5.74) is 7.30. The zero-order chi connectivity index (χ0) is 12.5. The number of benzene rings is 1. The molecule has 4 heteroatoms. The van der Waals surface area contributed by atoms with Gasteiger partial charge in [0.05, 0.1) is 18.7 Å². The van der Waals surface area contributed by atoms with E-state index in [0.717, 1.165) is 34.4 Å². The van der Waals surface area contributed by atoms with E-state index >= 15 is 0 Å². The van der Waals surface area contributed by atoms with Crippen LogP contribution in [0.3, 0.4) is 0 Å². The molecule has 0 aromatic heterocycles. The van der Waals surface area contributed by atoms with E-state index in [1.54, 1.807) is 14.2 Å². The Kier molecular flexibility index (Phi) is 3.64. The van der Waals surface area contributed by atoms with Crippen molar-refractivity contribution in [1.29, 1.82) is 0 Å². The Labute approximate surface area is 110 Å². The molecule has 1 saturated carbocycles. The van der Waals surface area contributed by atoms with E-state index in [1.807, 2.05) is 12.1 Å². The van der Waals surface area contributed by atoms with Crippen LogP contribution in [0, 0.1) is 0 Å². The number of nitrogens with two attached hydrogens (primary N) is 1. The molecule has 0 atom stereocenters. The van der Waals surface area contributed by atoms with Gasteiger partial charge in [-0.15, -0.1) is 0 Å². The average molecular weight is 300 g/mol. The highest BCUT2D eigenvalue weighted by Crippen LogP contribution is 2.44. The number of halogens is 1. The van der Waals surface area contributed by atoms with Crippen LogP contribution in [0.2, 0.25) is 0 Å². The summed E-state index contributed by atoms with van der Waals surface area (Å²) in [4.78, 5) is 0. The fraction of sp³-hybridized carbons (Fsp3) is 0.538. The molecule has 2 rings (SSSR count). The van der Waals surface area contributed by atoms with Gasteiger partial charge >= 0.3 is 0 Å². The predicted octanol–water partition coefficient (Wildman–Crippen LogP) is 3.19. The summed E-state index contributed by atoms with van der Waals surface area (Å²) >= 11 is 3.51. The van der Waals surface area contributed by atoms with Crippen LogP contribution in [-0.4, -0.2) is 14.2 Å². The largest absolute Gasteiger partial charge is 0.496 e. The first kappa shape index (κ1) is 12.7. The van der Waals surface area contributed by atoms with Gasteiger partial charge in [0.1, 0.15) is 11.5 Å². The fourth-order valence-corrected chi connectivity index (χ4v) is 3.03. The summed E-state index contributed by atoms with van der Waals surface area (Å²) in [6.07, 6.45) is 4.40. The zero-order valence-corrected chi connectivity index (χ0v) is 11.8. The summed E-state index contributed by atoms with van der Waals surface area (Å²) in [5, 5.41) is 0. The van der Waals surface area contributed by atoms with Gasteiger partial charge < -0.3 is 15.2 Å². The van der Waals surface area contributed by atoms with Crippen LogP contribution in [0.25, 0.3) is 0 Å². The lowest BCUT2D eigenvalue weighted by molar-refractivity contribution is 0.368. The van der Waals surface area contributed by atoms with Crippen LogP contribution >= 0.6 is 15.9 Å². The fourth-order valence-electron chi connectivity index (χ4n) is 2.52. The second-order valence-corrected chi connectivity index (χ2v) is 5.40. The molecule has 3 nitrogen and oxygen atoms in total. The van der Waals surface area contributed by atoms with Gasteiger partial charge in [-0.2, -0.15) is 0 Å². The summed E-state index contributed by atoms with van der Waals surface area (Å²) in [5.74, 6) is 1.58. The Morgan fingerprint density at radius 3 is 2.24 bits per heavy atom. The van der Waals surface area contributed by atoms with Crippen LogP contribution in [0.1, 0.15) is 31.2 Å². The third-order valence-electron chi connectivity index (χ3n) is 3.51. The first-order valence-corrected chi connectivity index (χ1v) is 6.61. The molecule has 0 unspecified atom stereocenters. The van der Waals surface area contributed by atoms with Gasteiger partial charge in [0.15, 0.2) is 0 Å². The van der Waals surface area contributed by atoms with Crippen LogP contribution in [0.15, 0.2) is 16.6 Å². The summed E-state index contributed by atoms with van der Waals surface area (Å²) < 4.78 is 11.6. The molecule has 0 aliphatic heterocycles. The van der Waals surface area contributed by atoms with Gasteiger partial charge in [-0.05, 0) is 34.8 Å². The molecule has 0 radical (unpaired) electrons. The molecule has 0 amide bonds. The Hall–Kier alpha value is -0.740. The van der Waals surface area contributed by atoms with Gasteiger partial charge in [0.2, 0.25) is 0 Å². The van der Waals surface area contributed by atoms with Gasteiger partial charge in [-0.1, -0.05) is 12.8 Å². The molecule has 1 aliphatic rings. The minimum atomic E-state index is -0.250. The maximum atomic E-state index is 6.48. The van der Waals surface area contributed by atoms with Crippen molar-refractivity contribution >= 4 is 15.9 Å². The number of rotatable bonds is 3. The normalized spacial score (nSPS) is 18.1. The topological polar surface area (TPSA) is 44.5 Å². The summed E-state index contributed by atoms with van der Waals surface area (Å²) in [7, 11) is 3.32. The summed E-state index contributed by atoms with van der Waals surface area (Å²) in [6.45, 7) is 0. The Bertz CT molecular complexity index is 414. The molecular weight excluding hydrogens is 282 g/mol. The first-order chi connectivity index (χ1) is 8.10. The van der Waals surface area contributed by atoms with Crippen LogP contribution < -0.4 is 15.2 Å².